The summed E-state index contributed by atoms with van der Waals surface area (Å²) in [5, 5.41) is 0. The number of benzene rings is 3. The normalized spacial score (nSPS) is 24.5. The Morgan fingerprint density at radius 2 is 1.16 bits per heavy atom. The van der Waals surface area contributed by atoms with Crippen molar-refractivity contribution < 1.29 is 14.3 Å². The number of ether oxygens (including phenoxy) is 1. The number of anilines is 1. The summed E-state index contributed by atoms with van der Waals surface area (Å²) in [5.41, 5.74) is 2.70. The predicted molar refractivity (Wildman–Crippen MR) is 125 cm³/mol. The smallest absolute Gasteiger partial charge is 0.238 e. The average Bonchev–Trinajstić information content (AvgIpc) is 3.11. The van der Waals surface area contributed by atoms with Gasteiger partial charge < -0.3 is 4.74 Å². The maximum absolute atomic E-state index is 13.8. The van der Waals surface area contributed by atoms with Crippen LogP contribution in [0.2, 0.25) is 0 Å². The van der Waals surface area contributed by atoms with E-state index in [0.717, 1.165) is 16.9 Å². The number of hydrogen-bond acceptors (Lipinski definition) is 3. The van der Waals surface area contributed by atoms with Gasteiger partial charge in [0, 0.05) is 11.8 Å². The van der Waals surface area contributed by atoms with Gasteiger partial charge in [-0.25, -0.2) is 4.90 Å². The molecule has 4 atom stereocenters. The molecule has 0 N–H and O–H groups in total. The van der Waals surface area contributed by atoms with Crippen molar-refractivity contribution in [1.29, 1.82) is 0 Å². The van der Waals surface area contributed by atoms with Gasteiger partial charge in [0.1, 0.15) is 5.75 Å². The molecule has 2 aliphatic rings. The van der Waals surface area contributed by atoms with Gasteiger partial charge in [-0.05, 0) is 42.3 Å². The monoisotopic (exact) mass is 423 g/mol. The lowest BCUT2D eigenvalue weighted by Crippen LogP contribution is -2.31. The van der Waals surface area contributed by atoms with Gasteiger partial charge in [0.15, 0.2) is 0 Å². The molecule has 0 radical (unpaired) electrons. The number of nitrogens with zero attached hydrogens (tertiary/aromatic N) is 1. The quantitative estimate of drug-likeness (QED) is 0.412. The fourth-order valence-corrected chi connectivity index (χ4v) is 5.05. The van der Waals surface area contributed by atoms with Crippen LogP contribution in [0.25, 0.3) is 0 Å². The van der Waals surface area contributed by atoms with Gasteiger partial charge in [-0.15, -0.1) is 0 Å². The Kier molecular flexibility index (Phi) is 5.36. The molecule has 3 aromatic carbocycles. The lowest BCUT2D eigenvalue weighted by atomic mass is 9.68. The summed E-state index contributed by atoms with van der Waals surface area (Å²) in [6.07, 6.45) is 4.22. The number of carbonyl (C=O) groups excluding carboxylic acids is 2. The van der Waals surface area contributed by atoms with Crippen LogP contribution < -0.4 is 9.64 Å². The van der Waals surface area contributed by atoms with E-state index in [1.165, 1.54) is 4.90 Å². The Morgan fingerprint density at radius 3 is 1.59 bits per heavy atom. The number of imide groups is 1. The summed E-state index contributed by atoms with van der Waals surface area (Å²) in [4.78, 5) is 28.9. The number of fused-ring (bicyclic) bond motifs is 1. The second-order valence-corrected chi connectivity index (χ2v) is 8.25. The Hall–Kier alpha value is -3.66. The van der Waals surface area contributed by atoms with Crippen molar-refractivity contribution >= 4 is 17.5 Å². The molecule has 32 heavy (non-hydrogen) atoms. The van der Waals surface area contributed by atoms with E-state index in [-0.39, 0.29) is 23.7 Å². The highest BCUT2D eigenvalue weighted by Crippen LogP contribution is 2.50. The standard InChI is InChI=1S/C28H25NO3/c1-2-32-22-15-13-21(14-16-22)29-27(30)25-23(19-9-5-3-6-10-19)17-18-24(26(25)28(29)31)20-11-7-4-8-12-20/h3-18,23-26H,2H2,1H3/t23-,24-,25+,26+/m1/s1. The van der Waals surface area contributed by atoms with E-state index in [0.29, 0.717) is 12.3 Å². The molecule has 0 bridgehead atoms. The van der Waals surface area contributed by atoms with E-state index in [1.807, 2.05) is 79.7 Å². The highest BCUT2D eigenvalue weighted by atomic mass is 16.5. The Balaban J connectivity index is 1.58. The zero-order valence-corrected chi connectivity index (χ0v) is 17.9. The third-order valence-corrected chi connectivity index (χ3v) is 6.47. The molecule has 0 saturated carbocycles. The Bertz CT molecular complexity index is 1070. The van der Waals surface area contributed by atoms with Gasteiger partial charge in [-0.3, -0.25) is 9.59 Å². The maximum atomic E-state index is 13.8. The lowest BCUT2D eigenvalue weighted by molar-refractivity contribution is -0.122. The van der Waals surface area contributed by atoms with Crippen LogP contribution in [0.1, 0.15) is 29.9 Å². The molecule has 5 rings (SSSR count). The molecule has 0 spiro atoms. The SMILES string of the molecule is CCOc1ccc(N2C(=O)[C@@H]3[C@@H](C2=O)[C@@H](c2ccccc2)C=C[C@@H]3c2ccccc2)cc1. The predicted octanol–water partition coefficient (Wildman–Crippen LogP) is 5.33. The molecule has 0 unspecified atom stereocenters. The molecular weight excluding hydrogens is 398 g/mol. The largest absolute Gasteiger partial charge is 0.494 e. The van der Waals surface area contributed by atoms with Gasteiger partial charge in [0.2, 0.25) is 11.8 Å². The molecule has 1 aliphatic heterocycles. The second-order valence-electron chi connectivity index (χ2n) is 8.25. The van der Waals surface area contributed by atoms with Crippen molar-refractivity contribution in [2.45, 2.75) is 18.8 Å². The van der Waals surface area contributed by atoms with Gasteiger partial charge in [0.25, 0.3) is 0 Å². The van der Waals surface area contributed by atoms with Crippen molar-refractivity contribution in [1.82, 2.24) is 0 Å². The van der Waals surface area contributed by atoms with Gasteiger partial charge in [-0.2, -0.15) is 0 Å². The van der Waals surface area contributed by atoms with E-state index in [9.17, 15) is 9.59 Å². The van der Waals surface area contributed by atoms with Crippen molar-refractivity contribution in [2.75, 3.05) is 11.5 Å². The molecule has 4 nitrogen and oxygen atoms in total. The van der Waals surface area contributed by atoms with E-state index in [1.54, 1.807) is 12.1 Å². The summed E-state index contributed by atoms with van der Waals surface area (Å²) >= 11 is 0. The highest BCUT2D eigenvalue weighted by molar-refractivity contribution is 6.23. The van der Waals surface area contributed by atoms with Gasteiger partial charge in [0.05, 0.1) is 24.1 Å². The topological polar surface area (TPSA) is 46.6 Å². The minimum Gasteiger partial charge on any atom is -0.494 e. The second kappa shape index (κ2) is 8.46. The first-order chi connectivity index (χ1) is 15.7. The molecule has 0 aromatic heterocycles. The molecular formula is C28H25NO3. The van der Waals surface area contributed by atoms with Crippen LogP contribution >= 0.6 is 0 Å². The first-order valence-corrected chi connectivity index (χ1v) is 11.1. The van der Waals surface area contributed by atoms with Crippen molar-refractivity contribution in [2.24, 2.45) is 11.8 Å². The Labute approximate surface area is 188 Å². The van der Waals surface area contributed by atoms with E-state index in [4.69, 9.17) is 4.74 Å². The van der Waals surface area contributed by atoms with Crippen LogP contribution in [0.5, 0.6) is 5.75 Å². The van der Waals surface area contributed by atoms with Gasteiger partial charge in [-0.1, -0.05) is 72.8 Å². The summed E-state index contributed by atoms with van der Waals surface area (Å²) in [7, 11) is 0. The number of amides is 2. The minimum atomic E-state index is -0.438. The maximum Gasteiger partial charge on any atom is 0.238 e. The molecule has 1 aliphatic carbocycles. The first-order valence-electron chi connectivity index (χ1n) is 11.1. The fraction of sp³-hybridized carbons (Fsp3) is 0.214. The van der Waals surface area contributed by atoms with Crippen LogP contribution in [0.3, 0.4) is 0 Å². The zero-order valence-electron chi connectivity index (χ0n) is 17.9. The van der Waals surface area contributed by atoms with Crippen molar-refractivity contribution in [3.8, 4) is 5.75 Å². The summed E-state index contributed by atoms with van der Waals surface area (Å²) < 4.78 is 5.52. The van der Waals surface area contributed by atoms with Crippen LogP contribution in [0, 0.1) is 11.8 Å². The summed E-state index contributed by atoms with van der Waals surface area (Å²) in [6, 6.07) is 27.2. The zero-order chi connectivity index (χ0) is 22.1. The highest BCUT2D eigenvalue weighted by Gasteiger charge is 2.55. The number of carbonyl (C=O) groups is 2. The van der Waals surface area contributed by atoms with Crippen LogP contribution in [-0.4, -0.2) is 18.4 Å². The average molecular weight is 424 g/mol. The minimum absolute atomic E-state index is 0.134. The summed E-state index contributed by atoms with van der Waals surface area (Å²) in [5.74, 6) is -0.695. The van der Waals surface area contributed by atoms with Gasteiger partial charge >= 0.3 is 0 Å². The van der Waals surface area contributed by atoms with E-state index < -0.39 is 11.8 Å². The van der Waals surface area contributed by atoms with Crippen molar-refractivity contribution in [3.05, 3.63) is 108 Å². The third kappa shape index (κ3) is 3.42. The molecule has 1 saturated heterocycles. The van der Waals surface area contributed by atoms with Crippen molar-refractivity contribution in [3.63, 3.8) is 0 Å². The third-order valence-electron chi connectivity index (χ3n) is 6.47. The van der Waals surface area contributed by atoms with Crippen LogP contribution in [0.4, 0.5) is 5.69 Å². The number of hydrogen-bond donors (Lipinski definition) is 0. The molecule has 3 aromatic rings. The molecule has 1 heterocycles. The first kappa shape index (κ1) is 20.3. The summed E-state index contributed by atoms with van der Waals surface area (Å²) in [6.45, 7) is 2.49. The molecule has 2 amide bonds. The van der Waals surface area contributed by atoms with E-state index >= 15 is 0 Å². The molecule has 4 heteroatoms. The van der Waals surface area contributed by atoms with Crippen LogP contribution in [-0.2, 0) is 9.59 Å². The Morgan fingerprint density at radius 1 is 0.688 bits per heavy atom. The molecule has 1 fully saturated rings. The number of allylic oxidation sites excluding steroid dienone is 2. The lowest BCUT2D eigenvalue weighted by Gasteiger charge is -2.32. The number of rotatable bonds is 5. The fourth-order valence-electron chi connectivity index (χ4n) is 5.05. The van der Waals surface area contributed by atoms with Crippen LogP contribution in [0.15, 0.2) is 97.1 Å². The molecule has 160 valence electrons. The van der Waals surface area contributed by atoms with E-state index in [2.05, 4.69) is 12.2 Å².